The van der Waals surface area contributed by atoms with Crippen molar-refractivity contribution >= 4 is 35.7 Å². The van der Waals surface area contributed by atoms with Crippen LogP contribution in [-0.4, -0.2) is 55.5 Å². The van der Waals surface area contributed by atoms with Gasteiger partial charge in [-0.1, -0.05) is 6.92 Å². The fraction of sp³-hybridized carbons (Fsp3) is 0.409. The molecule has 1 atom stereocenters. The summed E-state index contributed by atoms with van der Waals surface area (Å²) in [6.07, 6.45) is 2.58. The second-order valence-corrected chi connectivity index (χ2v) is 8.43. The van der Waals surface area contributed by atoms with Gasteiger partial charge in [-0.3, -0.25) is 14.4 Å². The molecule has 0 aliphatic carbocycles. The van der Waals surface area contributed by atoms with E-state index in [1.54, 1.807) is 15.5 Å². The molecule has 0 aromatic carbocycles. The predicted octanol–water partition coefficient (Wildman–Crippen LogP) is 1.22. The fourth-order valence-corrected chi connectivity index (χ4v) is 4.50. The number of anilines is 1. The van der Waals surface area contributed by atoms with Crippen LogP contribution in [0, 0.1) is 11.7 Å². The van der Waals surface area contributed by atoms with E-state index >= 15 is 0 Å². The van der Waals surface area contributed by atoms with Crippen LogP contribution in [0.25, 0.3) is 5.65 Å². The van der Waals surface area contributed by atoms with Gasteiger partial charge in [0.25, 0.3) is 11.5 Å². The third-order valence-electron chi connectivity index (χ3n) is 6.16. The van der Waals surface area contributed by atoms with Crippen LogP contribution in [0.3, 0.4) is 0 Å². The van der Waals surface area contributed by atoms with E-state index in [0.29, 0.717) is 35.8 Å². The summed E-state index contributed by atoms with van der Waals surface area (Å²) < 4.78 is 16.0. The number of hydrogen-bond donors (Lipinski definition) is 2. The summed E-state index contributed by atoms with van der Waals surface area (Å²) in [4.78, 5) is 44.9. The van der Waals surface area contributed by atoms with Gasteiger partial charge in [0, 0.05) is 12.6 Å². The van der Waals surface area contributed by atoms with Crippen molar-refractivity contribution < 1.29 is 14.0 Å². The van der Waals surface area contributed by atoms with E-state index in [2.05, 4.69) is 20.7 Å². The lowest BCUT2D eigenvalue weighted by atomic mass is 10.1. The number of nitrogens with zero attached hydrogens (tertiary/aromatic N) is 5. The van der Waals surface area contributed by atoms with Gasteiger partial charge in [-0.15, -0.1) is 12.4 Å². The van der Waals surface area contributed by atoms with Gasteiger partial charge >= 0.3 is 0 Å². The first kappa shape index (κ1) is 23.8. The average Bonchev–Trinajstić information content (AvgIpc) is 3.53. The topological polar surface area (TPSA) is 114 Å². The monoisotopic (exact) mass is 489 g/mol. The number of aromatic nitrogens is 4. The van der Waals surface area contributed by atoms with Crippen molar-refractivity contribution in [1.82, 2.24) is 29.4 Å². The highest BCUT2D eigenvalue weighted by Crippen LogP contribution is 2.25. The summed E-state index contributed by atoms with van der Waals surface area (Å²) in [5.74, 6) is -0.701. The second kappa shape index (κ2) is 9.51. The molecule has 10 nitrogen and oxygen atoms in total. The highest BCUT2D eigenvalue weighted by Gasteiger charge is 2.36. The van der Waals surface area contributed by atoms with Gasteiger partial charge in [0.1, 0.15) is 29.5 Å². The Bertz CT molecular complexity index is 1300. The zero-order valence-electron chi connectivity index (χ0n) is 18.6. The lowest BCUT2D eigenvalue weighted by Crippen LogP contribution is -2.32. The van der Waals surface area contributed by atoms with Crippen LogP contribution in [0.5, 0.6) is 0 Å². The van der Waals surface area contributed by atoms with Crippen molar-refractivity contribution in [3.63, 3.8) is 0 Å². The van der Waals surface area contributed by atoms with E-state index in [1.165, 1.54) is 16.6 Å². The van der Waals surface area contributed by atoms with Crippen LogP contribution in [0.1, 0.15) is 35.1 Å². The molecule has 5 heterocycles. The normalized spacial score (nSPS) is 17.2. The molecule has 0 spiro atoms. The van der Waals surface area contributed by atoms with Crippen molar-refractivity contribution in [3.8, 4) is 0 Å². The Balaban J connectivity index is 0.00000274. The number of halogens is 2. The molecule has 0 bridgehead atoms. The van der Waals surface area contributed by atoms with Crippen molar-refractivity contribution in [2.45, 2.75) is 32.9 Å². The maximum Gasteiger partial charge on any atom is 0.280 e. The Morgan fingerprint density at radius 3 is 2.82 bits per heavy atom. The molecule has 12 heteroatoms. The van der Waals surface area contributed by atoms with E-state index in [9.17, 15) is 18.8 Å². The molecule has 2 aliphatic heterocycles. The molecule has 0 radical (unpaired) electrons. The lowest BCUT2D eigenvalue weighted by Gasteiger charge is -2.19. The second-order valence-electron chi connectivity index (χ2n) is 8.43. The van der Waals surface area contributed by atoms with E-state index < -0.39 is 11.7 Å². The molecule has 2 amide bonds. The Hall–Kier alpha value is -3.31. The fourth-order valence-electron chi connectivity index (χ4n) is 4.50. The summed E-state index contributed by atoms with van der Waals surface area (Å²) >= 11 is 0. The lowest BCUT2D eigenvalue weighted by molar-refractivity contribution is -0.116. The molecule has 5 rings (SSSR count). The molecule has 180 valence electrons. The first-order valence-corrected chi connectivity index (χ1v) is 11.0. The van der Waals surface area contributed by atoms with Crippen LogP contribution in [-0.2, 0) is 24.3 Å². The van der Waals surface area contributed by atoms with Gasteiger partial charge in [0.15, 0.2) is 0 Å². The number of fused-ring (bicyclic) bond motifs is 2. The van der Waals surface area contributed by atoms with Gasteiger partial charge in [-0.2, -0.15) is 9.61 Å². The molecule has 2 N–H and O–H groups in total. The first-order valence-electron chi connectivity index (χ1n) is 11.0. The average molecular weight is 490 g/mol. The maximum absolute atomic E-state index is 13.4. The van der Waals surface area contributed by atoms with E-state index in [0.717, 1.165) is 25.7 Å². The number of carbonyl (C=O) groups is 2. The Labute approximate surface area is 200 Å². The Morgan fingerprint density at radius 1 is 1.32 bits per heavy atom. The molecule has 34 heavy (non-hydrogen) atoms. The zero-order valence-corrected chi connectivity index (χ0v) is 19.4. The quantitative estimate of drug-likeness (QED) is 0.538. The van der Waals surface area contributed by atoms with Crippen molar-refractivity contribution in [1.29, 1.82) is 0 Å². The molecular weight excluding hydrogens is 465 g/mol. The van der Waals surface area contributed by atoms with Crippen LogP contribution in [0.15, 0.2) is 29.2 Å². The summed E-state index contributed by atoms with van der Waals surface area (Å²) in [7, 11) is 0. The van der Waals surface area contributed by atoms with E-state index in [-0.39, 0.29) is 48.5 Å². The van der Waals surface area contributed by atoms with Crippen LogP contribution in [0.4, 0.5) is 10.2 Å². The van der Waals surface area contributed by atoms with Crippen LogP contribution < -0.4 is 16.2 Å². The minimum Gasteiger partial charge on any atom is -0.332 e. The molecule has 0 saturated carbocycles. The Kier molecular flexibility index (Phi) is 6.67. The third-order valence-corrected chi connectivity index (χ3v) is 6.16. The largest absolute Gasteiger partial charge is 0.332 e. The van der Waals surface area contributed by atoms with Crippen molar-refractivity contribution in [3.05, 3.63) is 57.5 Å². The van der Waals surface area contributed by atoms with Crippen LogP contribution >= 0.6 is 12.4 Å². The molecule has 1 saturated heterocycles. The molecule has 1 fully saturated rings. The number of hydrogen-bond acceptors (Lipinski definition) is 6. The van der Waals surface area contributed by atoms with E-state index in [1.807, 2.05) is 6.92 Å². The van der Waals surface area contributed by atoms with Gasteiger partial charge in [0.05, 0.1) is 24.0 Å². The minimum absolute atomic E-state index is 0. The zero-order chi connectivity index (χ0) is 23.1. The number of pyridine rings is 1. The minimum atomic E-state index is -0.512. The molecule has 0 unspecified atom stereocenters. The highest BCUT2D eigenvalue weighted by atomic mass is 35.5. The van der Waals surface area contributed by atoms with Crippen molar-refractivity contribution in [2.75, 3.05) is 25.0 Å². The number of rotatable bonds is 6. The molecule has 3 aromatic rings. The first-order chi connectivity index (χ1) is 15.9. The standard InChI is InChI=1S/C22H24FN7O3.ClH/c1-2-15-7-19-29(12-18(31)26-17-4-3-14(23)9-25-17)20-16(21(32)30(19)27-15)11-28(22(20)33)10-13-5-6-24-8-13;/h3-4,7,9,13,24H,2,5-6,8,10-12H2,1H3,(H,25,26,31);1H/t13-;/m0./s1. The van der Waals surface area contributed by atoms with Crippen molar-refractivity contribution in [2.24, 2.45) is 5.92 Å². The van der Waals surface area contributed by atoms with Crippen LogP contribution in [0.2, 0.25) is 0 Å². The molecule has 2 aliphatic rings. The summed E-state index contributed by atoms with van der Waals surface area (Å²) in [5.41, 5.74) is 1.30. The summed E-state index contributed by atoms with van der Waals surface area (Å²) in [6, 6.07) is 4.28. The number of nitrogens with one attached hydrogen (secondary N) is 2. The molecule has 3 aromatic heterocycles. The smallest absolute Gasteiger partial charge is 0.280 e. The highest BCUT2D eigenvalue weighted by molar-refractivity contribution is 5.98. The molecular formula is C22H25ClFN7O3. The number of carbonyl (C=O) groups excluding carboxylic acids is 2. The summed E-state index contributed by atoms with van der Waals surface area (Å²) in [6.45, 7) is 4.19. The Morgan fingerprint density at radius 2 is 2.15 bits per heavy atom. The third kappa shape index (κ3) is 4.28. The number of amides is 2. The van der Waals surface area contributed by atoms with Gasteiger partial charge in [-0.25, -0.2) is 9.37 Å². The van der Waals surface area contributed by atoms with E-state index in [4.69, 9.17) is 0 Å². The summed E-state index contributed by atoms with van der Waals surface area (Å²) in [5, 5.41) is 10.3. The predicted molar refractivity (Wildman–Crippen MR) is 125 cm³/mol. The number of aryl methyl sites for hydroxylation is 1. The SMILES string of the molecule is CCc1cc2n(CC(=O)Nc3ccc(F)cn3)c3c(c(=O)n2n1)CN(C[C@H]1CCNC1)C3=O.Cl. The maximum atomic E-state index is 13.4. The van der Waals surface area contributed by atoms with Gasteiger partial charge < -0.3 is 20.1 Å². The van der Waals surface area contributed by atoms with Gasteiger partial charge in [-0.05, 0) is 44.0 Å². The van der Waals surface area contributed by atoms with Gasteiger partial charge in [0.2, 0.25) is 5.91 Å².